The van der Waals surface area contributed by atoms with Gasteiger partial charge in [0, 0.05) is 44.0 Å². The average Bonchev–Trinajstić information content (AvgIpc) is 3.46. The molecule has 1 aromatic carbocycles. The van der Waals surface area contributed by atoms with Gasteiger partial charge in [-0.05, 0) is 48.8 Å². The topological polar surface area (TPSA) is 70.6 Å². The summed E-state index contributed by atoms with van der Waals surface area (Å²) in [6.07, 6.45) is 6.47. The smallest absolute Gasteiger partial charge is 0.222 e. The predicted molar refractivity (Wildman–Crippen MR) is 139 cm³/mol. The van der Waals surface area contributed by atoms with Crippen LogP contribution >= 0.6 is 11.3 Å². The summed E-state index contributed by atoms with van der Waals surface area (Å²) < 4.78 is 5.51. The van der Waals surface area contributed by atoms with E-state index in [1.807, 2.05) is 16.2 Å². The molecule has 4 heterocycles. The van der Waals surface area contributed by atoms with E-state index in [2.05, 4.69) is 34.5 Å². The van der Waals surface area contributed by atoms with Crippen molar-refractivity contribution in [2.75, 3.05) is 38.2 Å². The molecule has 7 nitrogen and oxygen atoms in total. The third-order valence-corrected chi connectivity index (χ3v) is 8.54. The summed E-state index contributed by atoms with van der Waals surface area (Å²) >= 11 is 1.86. The molecule has 0 bridgehead atoms. The molecule has 1 aliphatic carbocycles. The monoisotopic (exact) mass is 491 g/mol. The summed E-state index contributed by atoms with van der Waals surface area (Å²) in [6, 6.07) is 8.63. The van der Waals surface area contributed by atoms with Crippen molar-refractivity contribution in [1.82, 2.24) is 19.8 Å². The number of hydrogen-bond donors (Lipinski definition) is 1. The van der Waals surface area contributed by atoms with E-state index in [1.54, 1.807) is 0 Å². The number of carbonyl (C=O) groups excluding carboxylic acids is 1. The van der Waals surface area contributed by atoms with E-state index in [0.29, 0.717) is 13.0 Å². The Bertz CT molecular complexity index is 1200. The number of anilines is 1. The van der Waals surface area contributed by atoms with Crippen LogP contribution in [0, 0.1) is 0 Å². The summed E-state index contributed by atoms with van der Waals surface area (Å²) in [7, 11) is 0. The number of aromatic nitrogens is 2. The van der Waals surface area contributed by atoms with Gasteiger partial charge in [0.15, 0.2) is 0 Å². The van der Waals surface area contributed by atoms with Crippen LogP contribution in [0.15, 0.2) is 24.3 Å². The number of aryl methyl sites for hydroxylation is 2. The van der Waals surface area contributed by atoms with Crippen molar-refractivity contribution >= 4 is 33.3 Å². The van der Waals surface area contributed by atoms with Crippen molar-refractivity contribution in [3.8, 4) is 0 Å². The number of ether oxygens (including phenoxy) is 1. The molecule has 2 saturated heterocycles. The van der Waals surface area contributed by atoms with Gasteiger partial charge in [-0.3, -0.25) is 9.69 Å². The minimum Gasteiger partial charge on any atom is -0.379 e. The van der Waals surface area contributed by atoms with Crippen molar-refractivity contribution < 1.29 is 9.53 Å². The van der Waals surface area contributed by atoms with Crippen LogP contribution in [0.25, 0.3) is 10.2 Å². The average molecular weight is 492 g/mol. The Morgan fingerprint density at radius 1 is 0.914 bits per heavy atom. The fourth-order valence-electron chi connectivity index (χ4n) is 5.40. The SMILES string of the molecule is O=C1CCCN1Cc1ccc(CNc2nc(CN3CCOCC3)nc3sc4c(c23)CCCC4)cc1. The maximum Gasteiger partial charge on any atom is 0.222 e. The number of amides is 1. The molecule has 0 saturated carbocycles. The first kappa shape index (κ1) is 22.9. The van der Waals surface area contributed by atoms with E-state index in [0.717, 1.165) is 81.7 Å². The van der Waals surface area contributed by atoms with Gasteiger partial charge in [0.1, 0.15) is 16.5 Å². The fraction of sp³-hybridized carbons (Fsp3) is 0.519. The van der Waals surface area contributed by atoms with Gasteiger partial charge in [-0.1, -0.05) is 24.3 Å². The number of morpholine rings is 1. The van der Waals surface area contributed by atoms with Crippen molar-refractivity contribution in [2.24, 2.45) is 0 Å². The molecule has 0 spiro atoms. The lowest BCUT2D eigenvalue weighted by atomic mass is 9.97. The molecule has 0 radical (unpaired) electrons. The molecule has 35 heavy (non-hydrogen) atoms. The van der Waals surface area contributed by atoms with E-state index < -0.39 is 0 Å². The van der Waals surface area contributed by atoms with Gasteiger partial charge in [-0.25, -0.2) is 9.97 Å². The summed E-state index contributed by atoms with van der Waals surface area (Å²) in [5, 5.41) is 4.90. The zero-order valence-corrected chi connectivity index (χ0v) is 21.0. The highest BCUT2D eigenvalue weighted by molar-refractivity contribution is 7.19. The molecular formula is C27H33N5O2S. The molecule has 6 rings (SSSR count). The van der Waals surface area contributed by atoms with Crippen LogP contribution in [0.2, 0.25) is 0 Å². The Morgan fingerprint density at radius 2 is 1.71 bits per heavy atom. The van der Waals surface area contributed by atoms with Crippen LogP contribution in [0.5, 0.6) is 0 Å². The highest BCUT2D eigenvalue weighted by Crippen LogP contribution is 2.39. The van der Waals surface area contributed by atoms with Crippen molar-refractivity contribution in [3.63, 3.8) is 0 Å². The standard InChI is InChI=1S/C27H33N5O2S/c33-24-6-3-11-32(24)17-20-9-7-19(8-10-20)16-28-26-25-21-4-1-2-5-22(21)35-27(25)30-23(29-26)18-31-12-14-34-15-13-31/h7-10H,1-6,11-18H2,(H,28,29,30). The molecule has 3 aromatic rings. The van der Waals surface area contributed by atoms with Crippen LogP contribution in [0.1, 0.15) is 53.1 Å². The quantitative estimate of drug-likeness (QED) is 0.536. The van der Waals surface area contributed by atoms with Gasteiger partial charge < -0.3 is 15.0 Å². The van der Waals surface area contributed by atoms with Gasteiger partial charge in [-0.2, -0.15) is 0 Å². The van der Waals surface area contributed by atoms with Crippen molar-refractivity contribution in [1.29, 1.82) is 0 Å². The van der Waals surface area contributed by atoms with Crippen molar-refractivity contribution in [2.45, 2.75) is 58.2 Å². The third kappa shape index (κ3) is 5.06. The van der Waals surface area contributed by atoms with E-state index in [9.17, 15) is 4.79 Å². The zero-order chi connectivity index (χ0) is 23.6. The zero-order valence-electron chi connectivity index (χ0n) is 20.2. The number of likely N-dealkylation sites (tertiary alicyclic amines) is 1. The lowest BCUT2D eigenvalue weighted by Gasteiger charge is -2.25. The van der Waals surface area contributed by atoms with Gasteiger partial charge in [0.25, 0.3) is 0 Å². The number of thiophene rings is 1. The maximum absolute atomic E-state index is 11.9. The first-order valence-electron chi connectivity index (χ1n) is 12.9. The molecule has 0 atom stereocenters. The van der Waals surface area contributed by atoms with Gasteiger partial charge in [0.2, 0.25) is 5.91 Å². The Kier molecular flexibility index (Phi) is 6.67. The minimum atomic E-state index is 0.274. The molecule has 2 fully saturated rings. The van der Waals surface area contributed by atoms with Crippen LogP contribution in [0.4, 0.5) is 5.82 Å². The lowest BCUT2D eigenvalue weighted by molar-refractivity contribution is -0.128. The van der Waals surface area contributed by atoms with Crippen LogP contribution in [-0.4, -0.2) is 58.5 Å². The summed E-state index contributed by atoms with van der Waals surface area (Å²) in [5.74, 6) is 2.14. The van der Waals surface area contributed by atoms with E-state index in [-0.39, 0.29) is 5.91 Å². The Hall–Kier alpha value is -2.55. The van der Waals surface area contributed by atoms with Crippen LogP contribution < -0.4 is 5.32 Å². The highest BCUT2D eigenvalue weighted by Gasteiger charge is 2.23. The second-order valence-corrected chi connectivity index (χ2v) is 10.9. The maximum atomic E-state index is 11.9. The number of nitrogens with zero attached hydrogens (tertiary/aromatic N) is 4. The van der Waals surface area contributed by atoms with Gasteiger partial charge in [-0.15, -0.1) is 11.3 Å². The fourth-order valence-corrected chi connectivity index (χ4v) is 6.68. The first-order valence-corrected chi connectivity index (χ1v) is 13.8. The summed E-state index contributed by atoms with van der Waals surface area (Å²) in [6.45, 7) is 6.50. The number of rotatable bonds is 7. The number of carbonyl (C=O) groups is 1. The molecule has 3 aliphatic rings. The lowest BCUT2D eigenvalue weighted by Crippen LogP contribution is -2.36. The second kappa shape index (κ2) is 10.2. The number of fused-ring (bicyclic) bond motifs is 3. The molecule has 0 unspecified atom stereocenters. The Labute approximate surface area is 210 Å². The summed E-state index contributed by atoms with van der Waals surface area (Å²) in [5.41, 5.74) is 3.86. The van der Waals surface area contributed by atoms with Crippen molar-refractivity contribution in [3.05, 3.63) is 51.7 Å². The highest BCUT2D eigenvalue weighted by atomic mass is 32.1. The van der Waals surface area contributed by atoms with Crippen LogP contribution in [-0.2, 0) is 42.0 Å². The Balaban J connectivity index is 1.21. The van der Waals surface area contributed by atoms with Gasteiger partial charge in [0.05, 0.1) is 25.1 Å². The number of hydrogen-bond acceptors (Lipinski definition) is 7. The first-order chi connectivity index (χ1) is 17.2. The third-order valence-electron chi connectivity index (χ3n) is 7.36. The molecule has 1 amide bonds. The number of nitrogens with one attached hydrogen (secondary N) is 1. The molecule has 1 N–H and O–H groups in total. The molecule has 184 valence electrons. The normalized spacial score (nSPS) is 18.9. The molecule has 2 aromatic heterocycles. The Morgan fingerprint density at radius 3 is 2.51 bits per heavy atom. The van der Waals surface area contributed by atoms with Gasteiger partial charge >= 0.3 is 0 Å². The predicted octanol–water partition coefficient (Wildman–Crippen LogP) is 4.14. The largest absolute Gasteiger partial charge is 0.379 e. The van der Waals surface area contributed by atoms with E-state index in [4.69, 9.17) is 14.7 Å². The molecular weight excluding hydrogens is 458 g/mol. The minimum absolute atomic E-state index is 0.274. The molecule has 8 heteroatoms. The second-order valence-electron chi connectivity index (χ2n) is 9.86. The van der Waals surface area contributed by atoms with E-state index >= 15 is 0 Å². The summed E-state index contributed by atoms with van der Waals surface area (Å²) in [4.78, 5) is 29.0. The number of benzene rings is 1. The molecule has 2 aliphatic heterocycles. The van der Waals surface area contributed by atoms with E-state index in [1.165, 1.54) is 39.8 Å². The van der Waals surface area contributed by atoms with Crippen LogP contribution in [0.3, 0.4) is 0 Å².